The maximum Gasteiger partial charge on any atom is 0.345 e. The van der Waals surface area contributed by atoms with E-state index in [0.717, 1.165) is 10.9 Å². The van der Waals surface area contributed by atoms with Crippen molar-refractivity contribution in [3.8, 4) is 0 Å². The van der Waals surface area contributed by atoms with Gasteiger partial charge in [-0.2, -0.15) is 5.10 Å². The number of anilines is 1. The van der Waals surface area contributed by atoms with Gasteiger partial charge in [0.25, 0.3) is 0 Å². The van der Waals surface area contributed by atoms with E-state index in [1.807, 2.05) is 0 Å². The van der Waals surface area contributed by atoms with Crippen LogP contribution in [0.1, 0.15) is 0 Å². The molecule has 0 bridgehead atoms. The smallest absolute Gasteiger partial charge is 0.289 e. The van der Waals surface area contributed by atoms with Crippen molar-refractivity contribution in [2.45, 2.75) is 0 Å². The lowest BCUT2D eigenvalue weighted by atomic mass is 10.3. The van der Waals surface area contributed by atoms with Gasteiger partial charge in [-0.25, -0.2) is 14.8 Å². The number of pyridine rings is 1. The van der Waals surface area contributed by atoms with E-state index in [4.69, 9.17) is 0 Å². The van der Waals surface area contributed by atoms with E-state index in [0.29, 0.717) is 10.3 Å². The quantitative estimate of drug-likeness (QED) is 0.775. The Balaban J connectivity index is 2.47. The number of hydrogen-bond donors (Lipinski definition) is 2. The maximum absolute atomic E-state index is 11.0. The van der Waals surface area contributed by atoms with Gasteiger partial charge in [0.05, 0.1) is 22.4 Å². The highest BCUT2D eigenvalue weighted by Gasteiger charge is 2.09. The van der Waals surface area contributed by atoms with E-state index >= 15 is 0 Å². The van der Waals surface area contributed by atoms with Crippen LogP contribution in [0.25, 0.3) is 10.9 Å². The third-order valence-electron chi connectivity index (χ3n) is 1.80. The highest BCUT2D eigenvalue weighted by atomic mass is 79.9. The molecular formula is C8H6BrN5O. The molecule has 0 aliphatic rings. The molecule has 0 aliphatic carbocycles. The second-order valence-electron chi connectivity index (χ2n) is 2.71. The zero-order chi connectivity index (χ0) is 10.8. The zero-order valence-corrected chi connectivity index (χ0v) is 9.08. The Morgan fingerprint density at radius 3 is 3.13 bits per heavy atom. The number of H-pyrrole nitrogens is 1. The monoisotopic (exact) mass is 267 g/mol. The number of aromatic nitrogens is 3. The summed E-state index contributed by atoms with van der Waals surface area (Å²) in [7, 11) is 0. The summed E-state index contributed by atoms with van der Waals surface area (Å²) in [5.74, 6) is 0.390. The van der Waals surface area contributed by atoms with Crippen LogP contribution in [0, 0.1) is 0 Å². The van der Waals surface area contributed by atoms with Gasteiger partial charge >= 0.3 is 6.03 Å². The first-order valence-electron chi connectivity index (χ1n) is 3.97. The summed E-state index contributed by atoms with van der Waals surface area (Å²) in [6, 6.07) is -0.550. The number of aromatic amines is 1. The Labute approximate surface area is 92.9 Å². The van der Waals surface area contributed by atoms with Gasteiger partial charge in [0.15, 0.2) is 0 Å². The number of fused-ring (bicyclic) bond motifs is 1. The summed E-state index contributed by atoms with van der Waals surface area (Å²) in [4.78, 5) is 18.2. The van der Waals surface area contributed by atoms with Gasteiger partial charge in [0, 0.05) is 5.39 Å². The SMILES string of the molecule is C=NC(=O)Nc1ncc2[nH]ncc2c1Br. The summed E-state index contributed by atoms with van der Waals surface area (Å²) in [5, 5.41) is 9.93. The summed E-state index contributed by atoms with van der Waals surface area (Å²) >= 11 is 3.32. The molecule has 0 atom stereocenters. The lowest BCUT2D eigenvalue weighted by molar-refractivity contribution is 0.259. The normalized spacial score (nSPS) is 10.2. The van der Waals surface area contributed by atoms with Crippen molar-refractivity contribution in [1.29, 1.82) is 0 Å². The molecule has 7 heteroatoms. The summed E-state index contributed by atoms with van der Waals surface area (Å²) in [6.45, 7) is 3.12. The number of nitrogens with zero attached hydrogens (tertiary/aromatic N) is 3. The molecule has 2 N–H and O–H groups in total. The summed E-state index contributed by atoms with van der Waals surface area (Å²) in [6.07, 6.45) is 3.21. The molecule has 6 nitrogen and oxygen atoms in total. The van der Waals surface area contributed by atoms with Crippen molar-refractivity contribution in [3.63, 3.8) is 0 Å². The topological polar surface area (TPSA) is 83.0 Å². The molecule has 2 aromatic heterocycles. The molecule has 2 heterocycles. The van der Waals surface area contributed by atoms with Crippen LogP contribution in [-0.4, -0.2) is 27.9 Å². The van der Waals surface area contributed by atoms with E-state index in [1.165, 1.54) is 0 Å². The molecule has 0 spiro atoms. The number of rotatable bonds is 1. The second-order valence-corrected chi connectivity index (χ2v) is 3.50. The van der Waals surface area contributed by atoms with Crippen molar-refractivity contribution >= 4 is 45.4 Å². The highest BCUT2D eigenvalue weighted by molar-refractivity contribution is 9.10. The average Bonchev–Trinajstić information content (AvgIpc) is 2.70. The van der Waals surface area contributed by atoms with Crippen LogP contribution < -0.4 is 5.32 Å². The Morgan fingerprint density at radius 2 is 2.40 bits per heavy atom. The van der Waals surface area contributed by atoms with Crippen molar-refractivity contribution in [2.24, 2.45) is 4.99 Å². The van der Waals surface area contributed by atoms with Crippen LogP contribution in [0.3, 0.4) is 0 Å². The van der Waals surface area contributed by atoms with Gasteiger partial charge < -0.3 is 0 Å². The fourth-order valence-corrected chi connectivity index (χ4v) is 1.63. The van der Waals surface area contributed by atoms with Crippen molar-refractivity contribution in [2.75, 3.05) is 5.32 Å². The van der Waals surface area contributed by atoms with Crippen LogP contribution in [-0.2, 0) is 0 Å². The standard InChI is InChI=1S/C8H6BrN5O/c1-10-8(15)13-7-6(9)4-2-12-14-5(4)3-11-7/h2-3H,1H2,(H,12,14)(H,11,13,15). The van der Waals surface area contributed by atoms with Crippen molar-refractivity contribution in [1.82, 2.24) is 15.2 Å². The van der Waals surface area contributed by atoms with Crippen LogP contribution in [0.15, 0.2) is 21.9 Å². The van der Waals surface area contributed by atoms with Crippen LogP contribution in [0.2, 0.25) is 0 Å². The molecule has 0 aliphatic heterocycles. The van der Waals surface area contributed by atoms with Crippen LogP contribution in [0.4, 0.5) is 10.6 Å². The summed E-state index contributed by atoms with van der Waals surface area (Å²) in [5.41, 5.74) is 0.784. The molecule has 0 fully saturated rings. The summed E-state index contributed by atoms with van der Waals surface area (Å²) < 4.78 is 0.658. The molecule has 0 unspecified atom stereocenters. The predicted molar refractivity (Wildman–Crippen MR) is 60.2 cm³/mol. The molecular weight excluding hydrogens is 262 g/mol. The molecule has 0 radical (unpaired) electrons. The third kappa shape index (κ3) is 1.73. The van der Waals surface area contributed by atoms with Gasteiger partial charge in [-0.15, -0.1) is 0 Å². The first-order chi connectivity index (χ1) is 7.22. The molecule has 2 amide bonds. The number of carbonyl (C=O) groups is 1. The van der Waals surface area contributed by atoms with Crippen molar-refractivity contribution in [3.05, 3.63) is 16.9 Å². The molecule has 2 aromatic rings. The number of hydrogen-bond acceptors (Lipinski definition) is 3. The van der Waals surface area contributed by atoms with Gasteiger partial charge in [-0.3, -0.25) is 10.4 Å². The minimum absolute atomic E-state index is 0.390. The first-order valence-corrected chi connectivity index (χ1v) is 4.77. The van der Waals surface area contributed by atoms with Gasteiger partial charge in [-0.05, 0) is 22.6 Å². The van der Waals surface area contributed by atoms with E-state index in [9.17, 15) is 4.79 Å². The van der Waals surface area contributed by atoms with E-state index in [-0.39, 0.29) is 0 Å². The molecule has 0 saturated carbocycles. The lowest BCUT2D eigenvalue weighted by Gasteiger charge is -2.03. The Bertz CT molecular complexity index is 535. The van der Waals surface area contributed by atoms with Gasteiger partial charge in [0.2, 0.25) is 0 Å². The Hall–Kier alpha value is -1.76. The number of nitrogens with one attached hydrogen (secondary N) is 2. The zero-order valence-electron chi connectivity index (χ0n) is 7.49. The number of halogens is 1. The number of carbonyl (C=O) groups excluding carboxylic acids is 1. The fourth-order valence-electron chi connectivity index (χ4n) is 1.11. The molecule has 0 aromatic carbocycles. The third-order valence-corrected chi connectivity index (χ3v) is 2.61. The van der Waals surface area contributed by atoms with Gasteiger partial charge in [0.1, 0.15) is 5.82 Å². The van der Waals surface area contributed by atoms with Crippen LogP contribution in [0.5, 0.6) is 0 Å². The minimum Gasteiger partial charge on any atom is -0.289 e. The molecule has 15 heavy (non-hydrogen) atoms. The number of aliphatic imine (C=N–C) groups is 1. The Kier molecular flexibility index (Phi) is 2.46. The highest BCUT2D eigenvalue weighted by Crippen LogP contribution is 2.27. The van der Waals surface area contributed by atoms with Crippen molar-refractivity contribution < 1.29 is 4.79 Å². The molecule has 2 rings (SSSR count). The van der Waals surface area contributed by atoms with Crippen LogP contribution >= 0.6 is 15.9 Å². The maximum atomic E-state index is 11.0. The van der Waals surface area contributed by atoms with E-state index in [1.54, 1.807) is 12.4 Å². The molecule has 76 valence electrons. The number of urea groups is 1. The second kappa shape index (κ2) is 3.77. The first kappa shape index (κ1) is 9.78. The fraction of sp³-hybridized carbons (Fsp3) is 0. The van der Waals surface area contributed by atoms with E-state index < -0.39 is 6.03 Å². The number of amides is 2. The predicted octanol–water partition coefficient (Wildman–Crippen LogP) is 1.95. The largest absolute Gasteiger partial charge is 0.345 e. The Morgan fingerprint density at radius 1 is 1.60 bits per heavy atom. The lowest BCUT2D eigenvalue weighted by Crippen LogP contribution is -2.07. The van der Waals surface area contributed by atoms with E-state index in [2.05, 4.69) is 48.1 Å². The van der Waals surface area contributed by atoms with Gasteiger partial charge in [-0.1, -0.05) is 0 Å². The average molecular weight is 268 g/mol. The minimum atomic E-state index is -0.550. The molecule has 0 saturated heterocycles.